The molecule has 17 heavy (non-hydrogen) atoms. The number of benzene rings is 2. The highest BCUT2D eigenvalue weighted by Gasteiger charge is 2.50. The van der Waals surface area contributed by atoms with Crippen LogP contribution in [0.3, 0.4) is 0 Å². The highest BCUT2D eigenvalue weighted by Crippen LogP contribution is 2.53. The molecule has 1 heterocycles. The number of fused-ring (bicyclic) bond motifs is 4. The molecule has 2 aromatic rings. The topological polar surface area (TPSA) is 9.23 Å². The van der Waals surface area contributed by atoms with E-state index in [4.69, 9.17) is 4.74 Å². The maximum atomic E-state index is 5.87. The van der Waals surface area contributed by atoms with Crippen LogP contribution in [0.1, 0.15) is 22.3 Å². The highest BCUT2D eigenvalue weighted by molar-refractivity contribution is 5.61. The van der Waals surface area contributed by atoms with Gasteiger partial charge in [0, 0.05) is 5.56 Å². The molecule has 0 radical (unpaired) electrons. The zero-order chi connectivity index (χ0) is 11.5. The monoisotopic (exact) mass is 222 g/mol. The van der Waals surface area contributed by atoms with Crippen LogP contribution >= 0.6 is 0 Å². The molecule has 1 nitrogen and oxygen atoms in total. The number of para-hydroxylation sites is 1. The van der Waals surface area contributed by atoms with Crippen LogP contribution in [0.4, 0.5) is 0 Å². The van der Waals surface area contributed by atoms with Crippen LogP contribution in [-0.2, 0) is 11.8 Å². The largest absolute Gasteiger partial charge is 0.492 e. The van der Waals surface area contributed by atoms with E-state index in [1.807, 2.05) is 0 Å². The summed E-state index contributed by atoms with van der Waals surface area (Å²) in [5, 5.41) is 0. The van der Waals surface area contributed by atoms with Gasteiger partial charge < -0.3 is 4.74 Å². The Morgan fingerprint density at radius 3 is 2.82 bits per heavy atom. The van der Waals surface area contributed by atoms with Gasteiger partial charge in [0.05, 0.1) is 5.41 Å². The molecule has 0 bridgehead atoms. The molecule has 4 rings (SSSR count). The van der Waals surface area contributed by atoms with Crippen molar-refractivity contribution in [2.24, 2.45) is 0 Å². The summed E-state index contributed by atoms with van der Waals surface area (Å²) in [5.74, 6) is 1.07. The molecule has 1 aliphatic heterocycles. The Morgan fingerprint density at radius 2 is 1.94 bits per heavy atom. The molecule has 0 aromatic heterocycles. The molecule has 2 aliphatic rings. The Morgan fingerprint density at radius 1 is 1.06 bits per heavy atom. The second-order valence-electron chi connectivity index (χ2n) is 5.15. The molecule has 0 fully saturated rings. The van der Waals surface area contributed by atoms with Crippen LogP contribution in [0.25, 0.3) is 0 Å². The molecule has 0 N–H and O–H groups in total. The van der Waals surface area contributed by atoms with Gasteiger partial charge in [0.2, 0.25) is 0 Å². The van der Waals surface area contributed by atoms with Gasteiger partial charge in [0.25, 0.3) is 0 Å². The molecule has 2 aromatic carbocycles. The zero-order valence-electron chi connectivity index (χ0n) is 9.86. The van der Waals surface area contributed by atoms with E-state index in [9.17, 15) is 0 Å². The van der Waals surface area contributed by atoms with Gasteiger partial charge >= 0.3 is 0 Å². The maximum absolute atomic E-state index is 5.87. The average Bonchev–Trinajstić information content (AvgIpc) is 2.69. The molecule has 0 amide bonds. The summed E-state index contributed by atoms with van der Waals surface area (Å²) in [6, 6.07) is 15.1. The van der Waals surface area contributed by atoms with Crippen LogP contribution in [0.5, 0.6) is 5.75 Å². The number of rotatable bonds is 0. The SMILES string of the molecule is Cc1cccc2c1C1(COc3ccccc31)C2. The minimum atomic E-state index is 0.150. The normalized spacial score (nSPS) is 23.8. The van der Waals surface area contributed by atoms with E-state index < -0.39 is 0 Å². The van der Waals surface area contributed by atoms with Gasteiger partial charge in [-0.3, -0.25) is 0 Å². The van der Waals surface area contributed by atoms with E-state index >= 15 is 0 Å². The fourth-order valence-corrected chi connectivity index (χ4v) is 3.49. The van der Waals surface area contributed by atoms with Gasteiger partial charge in [-0.15, -0.1) is 0 Å². The third-order valence-corrected chi connectivity index (χ3v) is 4.21. The summed E-state index contributed by atoms with van der Waals surface area (Å²) in [5.41, 5.74) is 5.92. The molecule has 1 spiro atoms. The number of ether oxygens (including phenoxy) is 1. The Hall–Kier alpha value is -1.76. The lowest BCUT2D eigenvalue weighted by Crippen LogP contribution is -2.42. The van der Waals surface area contributed by atoms with E-state index in [0.717, 1.165) is 18.8 Å². The molecule has 1 heteroatoms. The summed E-state index contributed by atoms with van der Waals surface area (Å²) in [6.45, 7) is 3.02. The quantitative estimate of drug-likeness (QED) is 0.665. The van der Waals surface area contributed by atoms with Gasteiger partial charge in [0.15, 0.2) is 0 Å². The van der Waals surface area contributed by atoms with Crippen LogP contribution in [-0.4, -0.2) is 6.61 Å². The molecule has 84 valence electrons. The zero-order valence-corrected chi connectivity index (χ0v) is 9.86. The Labute approximate surface area is 101 Å². The lowest BCUT2D eigenvalue weighted by Gasteiger charge is -2.41. The summed E-state index contributed by atoms with van der Waals surface area (Å²) in [4.78, 5) is 0. The lowest BCUT2D eigenvalue weighted by atomic mass is 9.60. The average molecular weight is 222 g/mol. The first kappa shape index (κ1) is 9.29. The summed E-state index contributed by atoms with van der Waals surface area (Å²) >= 11 is 0. The molecule has 0 saturated carbocycles. The first-order valence-electron chi connectivity index (χ1n) is 6.12. The van der Waals surface area contributed by atoms with Crippen molar-refractivity contribution >= 4 is 0 Å². The van der Waals surface area contributed by atoms with Crippen LogP contribution in [0, 0.1) is 6.92 Å². The molecule has 1 unspecified atom stereocenters. The van der Waals surface area contributed by atoms with Gasteiger partial charge in [-0.1, -0.05) is 36.4 Å². The van der Waals surface area contributed by atoms with Gasteiger partial charge in [-0.25, -0.2) is 0 Å². The number of hydrogen-bond acceptors (Lipinski definition) is 1. The van der Waals surface area contributed by atoms with Crippen LogP contribution in [0.2, 0.25) is 0 Å². The van der Waals surface area contributed by atoms with Crippen molar-refractivity contribution in [1.29, 1.82) is 0 Å². The standard InChI is InChI=1S/C16H14O/c1-11-5-4-6-12-9-16(15(11)12)10-17-14-8-3-2-7-13(14)16/h2-8H,9-10H2,1H3. The van der Waals surface area contributed by atoms with E-state index in [-0.39, 0.29) is 5.41 Å². The van der Waals surface area contributed by atoms with Gasteiger partial charge in [-0.2, -0.15) is 0 Å². The highest BCUT2D eigenvalue weighted by atomic mass is 16.5. The van der Waals surface area contributed by atoms with Crippen LogP contribution in [0.15, 0.2) is 42.5 Å². The third-order valence-electron chi connectivity index (χ3n) is 4.21. The minimum absolute atomic E-state index is 0.150. The third kappa shape index (κ3) is 0.998. The van der Waals surface area contributed by atoms with Gasteiger partial charge in [-0.05, 0) is 36.1 Å². The Balaban J connectivity index is 1.97. The molecule has 1 aliphatic carbocycles. The van der Waals surface area contributed by atoms with E-state index in [1.54, 1.807) is 0 Å². The Kier molecular flexibility index (Phi) is 1.60. The molecular formula is C16H14O. The summed E-state index contributed by atoms with van der Waals surface area (Å²) < 4.78 is 5.87. The summed E-state index contributed by atoms with van der Waals surface area (Å²) in [6.07, 6.45) is 1.13. The van der Waals surface area contributed by atoms with Gasteiger partial charge in [0.1, 0.15) is 12.4 Å². The fourth-order valence-electron chi connectivity index (χ4n) is 3.49. The summed E-state index contributed by atoms with van der Waals surface area (Å²) in [7, 11) is 0. The molecule has 1 atom stereocenters. The van der Waals surface area contributed by atoms with E-state index in [2.05, 4.69) is 49.4 Å². The van der Waals surface area contributed by atoms with Crippen molar-refractivity contribution in [3.63, 3.8) is 0 Å². The molecular weight excluding hydrogens is 208 g/mol. The van der Waals surface area contributed by atoms with Crippen LogP contribution < -0.4 is 4.74 Å². The second kappa shape index (κ2) is 2.92. The van der Waals surface area contributed by atoms with Crippen molar-refractivity contribution in [2.45, 2.75) is 18.8 Å². The predicted octanol–water partition coefficient (Wildman–Crippen LogP) is 3.23. The van der Waals surface area contributed by atoms with Crippen molar-refractivity contribution in [3.8, 4) is 5.75 Å². The smallest absolute Gasteiger partial charge is 0.123 e. The van der Waals surface area contributed by atoms with Crippen molar-refractivity contribution in [2.75, 3.05) is 6.61 Å². The first-order chi connectivity index (χ1) is 8.31. The lowest BCUT2D eigenvalue weighted by molar-refractivity contribution is 0.272. The van der Waals surface area contributed by atoms with E-state index in [1.165, 1.54) is 22.3 Å². The Bertz CT molecular complexity index is 600. The van der Waals surface area contributed by atoms with E-state index in [0.29, 0.717) is 0 Å². The predicted molar refractivity (Wildman–Crippen MR) is 67.6 cm³/mol. The van der Waals surface area contributed by atoms with Crippen molar-refractivity contribution in [1.82, 2.24) is 0 Å². The van der Waals surface area contributed by atoms with Crippen molar-refractivity contribution < 1.29 is 4.74 Å². The first-order valence-corrected chi connectivity index (χ1v) is 6.12. The fraction of sp³-hybridized carbons (Fsp3) is 0.250. The number of aryl methyl sites for hydroxylation is 1. The molecule has 0 saturated heterocycles. The number of hydrogen-bond donors (Lipinski definition) is 0. The minimum Gasteiger partial charge on any atom is -0.492 e. The maximum Gasteiger partial charge on any atom is 0.123 e. The second-order valence-corrected chi connectivity index (χ2v) is 5.15. The van der Waals surface area contributed by atoms with Crippen molar-refractivity contribution in [3.05, 3.63) is 64.7 Å².